The van der Waals surface area contributed by atoms with Crippen molar-refractivity contribution >= 4 is 0 Å². The summed E-state index contributed by atoms with van der Waals surface area (Å²) >= 11 is 0. The second-order valence-electron chi connectivity index (χ2n) is 7.77. The van der Waals surface area contributed by atoms with Crippen molar-refractivity contribution in [2.24, 2.45) is 16.7 Å². The zero-order chi connectivity index (χ0) is 15.1. The molecule has 1 N–H and O–H groups in total. The van der Waals surface area contributed by atoms with Crippen LogP contribution < -0.4 is 10.1 Å². The van der Waals surface area contributed by atoms with Crippen molar-refractivity contribution in [3.05, 3.63) is 29.8 Å². The van der Waals surface area contributed by atoms with Crippen LogP contribution in [-0.2, 0) is 6.54 Å². The Balaban J connectivity index is 1.73. The van der Waals surface area contributed by atoms with Crippen LogP contribution in [-0.4, -0.2) is 12.6 Å². The van der Waals surface area contributed by atoms with Crippen molar-refractivity contribution in [1.29, 1.82) is 0 Å². The maximum Gasteiger partial charge on any atom is 0.123 e. The lowest BCUT2D eigenvalue weighted by Crippen LogP contribution is -2.49. The van der Waals surface area contributed by atoms with E-state index in [4.69, 9.17) is 4.74 Å². The van der Waals surface area contributed by atoms with E-state index >= 15 is 0 Å². The molecule has 0 aliphatic heterocycles. The molecule has 2 bridgehead atoms. The van der Waals surface area contributed by atoms with Gasteiger partial charge >= 0.3 is 0 Å². The third-order valence-corrected chi connectivity index (χ3v) is 6.04. The molecule has 3 atom stereocenters. The standard InChI is InChI=1S/C19H29NO/c1-5-21-16-9-7-6-8-14(16)13-20-17-18(2,3)15-10-11-19(17,4)12-15/h6-9,15,17,20H,5,10-13H2,1-4H3. The Morgan fingerprint density at radius 3 is 2.67 bits per heavy atom. The molecule has 2 heteroatoms. The molecule has 0 radical (unpaired) electrons. The van der Waals surface area contributed by atoms with Gasteiger partial charge in [-0.25, -0.2) is 0 Å². The average Bonchev–Trinajstić information content (AvgIpc) is 2.91. The van der Waals surface area contributed by atoms with Crippen LogP contribution in [0.5, 0.6) is 5.75 Å². The molecule has 2 nitrogen and oxygen atoms in total. The molecule has 2 aliphatic rings. The minimum absolute atomic E-state index is 0.410. The number of hydrogen-bond donors (Lipinski definition) is 1. The fraction of sp³-hybridized carbons (Fsp3) is 0.684. The molecule has 0 heterocycles. The van der Waals surface area contributed by atoms with Gasteiger partial charge in [0.2, 0.25) is 0 Å². The van der Waals surface area contributed by atoms with E-state index in [1.54, 1.807) is 0 Å². The molecule has 116 valence electrons. The van der Waals surface area contributed by atoms with E-state index in [1.165, 1.54) is 24.8 Å². The second-order valence-corrected chi connectivity index (χ2v) is 7.77. The second kappa shape index (κ2) is 5.31. The zero-order valence-electron chi connectivity index (χ0n) is 13.9. The van der Waals surface area contributed by atoms with Gasteiger partial charge in [0.1, 0.15) is 5.75 Å². The quantitative estimate of drug-likeness (QED) is 0.867. The van der Waals surface area contributed by atoms with Gasteiger partial charge in [-0.2, -0.15) is 0 Å². The number of ether oxygens (including phenoxy) is 1. The van der Waals surface area contributed by atoms with Gasteiger partial charge in [0, 0.05) is 18.2 Å². The highest BCUT2D eigenvalue weighted by atomic mass is 16.5. The maximum atomic E-state index is 5.75. The lowest BCUT2D eigenvalue weighted by Gasteiger charge is -2.43. The molecule has 1 aromatic carbocycles. The third kappa shape index (κ3) is 2.48. The summed E-state index contributed by atoms with van der Waals surface area (Å²) in [7, 11) is 0. The number of hydrogen-bond acceptors (Lipinski definition) is 2. The van der Waals surface area contributed by atoms with Gasteiger partial charge in [-0.3, -0.25) is 0 Å². The summed E-state index contributed by atoms with van der Waals surface area (Å²) in [4.78, 5) is 0. The van der Waals surface area contributed by atoms with E-state index in [0.29, 0.717) is 16.9 Å². The van der Waals surface area contributed by atoms with E-state index < -0.39 is 0 Å². The summed E-state index contributed by atoms with van der Waals surface area (Å²) < 4.78 is 5.75. The lowest BCUT2D eigenvalue weighted by molar-refractivity contribution is 0.107. The molecule has 0 saturated heterocycles. The summed E-state index contributed by atoms with van der Waals surface area (Å²) in [5.74, 6) is 1.92. The fourth-order valence-electron chi connectivity index (χ4n) is 4.97. The first-order chi connectivity index (χ1) is 9.97. The fourth-order valence-corrected chi connectivity index (χ4v) is 4.97. The summed E-state index contributed by atoms with van der Waals surface area (Å²) in [6.45, 7) is 11.1. The molecule has 1 aromatic rings. The Kier molecular flexibility index (Phi) is 3.77. The van der Waals surface area contributed by atoms with Crippen molar-refractivity contribution < 1.29 is 4.74 Å². The molecule has 2 aliphatic carbocycles. The van der Waals surface area contributed by atoms with Gasteiger partial charge in [-0.15, -0.1) is 0 Å². The van der Waals surface area contributed by atoms with E-state index in [2.05, 4.69) is 50.4 Å². The highest BCUT2D eigenvalue weighted by Gasteiger charge is 2.58. The van der Waals surface area contributed by atoms with Crippen LogP contribution in [0.15, 0.2) is 24.3 Å². The SMILES string of the molecule is CCOc1ccccc1CNC1C2(C)CCC(C2)C1(C)C. The molecule has 0 aromatic heterocycles. The predicted molar refractivity (Wildman–Crippen MR) is 87.5 cm³/mol. The lowest BCUT2D eigenvalue weighted by atomic mass is 9.68. The first-order valence-electron chi connectivity index (χ1n) is 8.41. The Morgan fingerprint density at radius 2 is 2.00 bits per heavy atom. The van der Waals surface area contributed by atoms with Gasteiger partial charge in [0.05, 0.1) is 6.61 Å². The molecule has 2 saturated carbocycles. The highest BCUT2D eigenvalue weighted by molar-refractivity contribution is 5.33. The number of benzene rings is 1. The van der Waals surface area contributed by atoms with Gasteiger partial charge < -0.3 is 10.1 Å². The normalized spacial score (nSPS) is 33.3. The summed E-state index contributed by atoms with van der Waals surface area (Å²) in [5.41, 5.74) is 2.17. The molecular formula is C19H29NO. The first-order valence-corrected chi connectivity index (χ1v) is 8.41. The van der Waals surface area contributed by atoms with Crippen molar-refractivity contribution in [3.63, 3.8) is 0 Å². The molecule has 0 spiro atoms. The number of fused-ring (bicyclic) bond motifs is 2. The van der Waals surface area contributed by atoms with Crippen LogP contribution in [0.3, 0.4) is 0 Å². The van der Waals surface area contributed by atoms with Crippen LogP contribution in [0.2, 0.25) is 0 Å². The van der Waals surface area contributed by atoms with Gasteiger partial charge in [-0.05, 0) is 49.0 Å². The summed E-state index contributed by atoms with van der Waals surface area (Å²) in [5, 5.41) is 3.88. The van der Waals surface area contributed by atoms with E-state index in [0.717, 1.165) is 24.8 Å². The Bertz CT molecular complexity index is 505. The zero-order valence-corrected chi connectivity index (χ0v) is 13.9. The van der Waals surface area contributed by atoms with Crippen molar-refractivity contribution in [3.8, 4) is 5.75 Å². The molecule has 3 rings (SSSR count). The number of nitrogens with one attached hydrogen (secondary N) is 1. The van der Waals surface area contributed by atoms with Gasteiger partial charge in [-0.1, -0.05) is 39.0 Å². The number of para-hydroxylation sites is 1. The van der Waals surface area contributed by atoms with Crippen molar-refractivity contribution in [2.75, 3.05) is 6.61 Å². The van der Waals surface area contributed by atoms with Gasteiger partial charge in [0.15, 0.2) is 0 Å². The average molecular weight is 287 g/mol. The Hall–Kier alpha value is -1.02. The van der Waals surface area contributed by atoms with Crippen molar-refractivity contribution in [2.45, 2.75) is 59.5 Å². The molecular weight excluding hydrogens is 258 g/mol. The molecule has 2 fully saturated rings. The van der Waals surface area contributed by atoms with Crippen LogP contribution in [0, 0.1) is 16.7 Å². The molecule has 0 amide bonds. The summed E-state index contributed by atoms with van der Waals surface area (Å²) in [6.07, 6.45) is 4.19. The smallest absolute Gasteiger partial charge is 0.123 e. The molecule has 3 unspecified atom stereocenters. The van der Waals surface area contributed by atoms with E-state index in [9.17, 15) is 0 Å². The van der Waals surface area contributed by atoms with Crippen LogP contribution in [0.1, 0.15) is 52.5 Å². The van der Waals surface area contributed by atoms with Crippen LogP contribution >= 0.6 is 0 Å². The Morgan fingerprint density at radius 1 is 1.24 bits per heavy atom. The van der Waals surface area contributed by atoms with Gasteiger partial charge in [0.25, 0.3) is 0 Å². The van der Waals surface area contributed by atoms with Crippen LogP contribution in [0.25, 0.3) is 0 Å². The van der Waals surface area contributed by atoms with E-state index in [-0.39, 0.29) is 0 Å². The minimum Gasteiger partial charge on any atom is -0.494 e. The minimum atomic E-state index is 0.410. The summed E-state index contributed by atoms with van der Waals surface area (Å²) in [6, 6.07) is 9.03. The largest absolute Gasteiger partial charge is 0.494 e. The predicted octanol–water partition coefficient (Wildman–Crippen LogP) is 4.39. The topological polar surface area (TPSA) is 21.3 Å². The first kappa shape index (κ1) is 14.9. The highest BCUT2D eigenvalue weighted by Crippen LogP contribution is 2.62. The van der Waals surface area contributed by atoms with Crippen LogP contribution in [0.4, 0.5) is 0 Å². The maximum absolute atomic E-state index is 5.75. The van der Waals surface area contributed by atoms with Crippen molar-refractivity contribution in [1.82, 2.24) is 5.32 Å². The molecule has 21 heavy (non-hydrogen) atoms. The third-order valence-electron chi connectivity index (χ3n) is 6.04. The van der Waals surface area contributed by atoms with E-state index in [1.807, 2.05) is 6.92 Å². The Labute approximate surface area is 129 Å². The number of rotatable bonds is 5. The monoisotopic (exact) mass is 287 g/mol.